The summed E-state index contributed by atoms with van der Waals surface area (Å²) in [5, 5.41) is 0.148. The third-order valence-electron chi connectivity index (χ3n) is 2.08. The summed E-state index contributed by atoms with van der Waals surface area (Å²) in [4.78, 5) is -0.512. The molecule has 108 valence electrons. The topological polar surface area (TPSA) is 72.2 Å². The molecular formula is C9H9ClF4N2O2S. The number of nitrogens with one attached hydrogen (secondary N) is 1. The van der Waals surface area contributed by atoms with Crippen molar-refractivity contribution in [3.05, 3.63) is 23.2 Å². The Labute approximate surface area is 111 Å². The molecule has 0 amide bonds. The normalized spacial score (nSPS) is 12.9. The summed E-state index contributed by atoms with van der Waals surface area (Å²) >= 11 is 5.54. The van der Waals surface area contributed by atoms with Gasteiger partial charge in [-0.25, -0.2) is 21.9 Å². The van der Waals surface area contributed by atoms with Gasteiger partial charge in [-0.2, -0.15) is 8.78 Å². The van der Waals surface area contributed by atoms with Crippen molar-refractivity contribution in [1.82, 2.24) is 4.72 Å². The molecule has 0 fully saturated rings. The molecule has 0 atom stereocenters. The van der Waals surface area contributed by atoms with Crippen LogP contribution in [-0.4, -0.2) is 27.3 Å². The van der Waals surface area contributed by atoms with Crippen LogP contribution in [0.3, 0.4) is 0 Å². The monoisotopic (exact) mass is 320 g/mol. The highest BCUT2D eigenvalue weighted by Gasteiger charge is 2.41. The minimum absolute atomic E-state index is 0.148. The summed E-state index contributed by atoms with van der Waals surface area (Å²) in [5.41, 5.74) is 5.09. The molecule has 0 bridgehead atoms. The van der Waals surface area contributed by atoms with Gasteiger partial charge in [-0.05, 0) is 18.2 Å². The Morgan fingerprint density at radius 3 is 2.42 bits per heavy atom. The van der Waals surface area contributed by atoms with Crippen LogP contribution < -0.4 is 10.5 Å². The first-order valence-corrected chi connectivity index (χ1v) is 6.63. The largest absolute Gasteiger partial charge is 0.398 e. The quantitative estimate of drug-likeness (QED) is 0.644. The molecule has 0 unspecified atom stereocenters. The van der Waals surface area contributed by atoms with Gasteiger partial charge in [0.15, 0.2) is 0 Å². The van der Waals surface area contributed by atoms with Crippen molar-refractivity contribution >= 4 is 27.3 Å². The zero-order valence-electron chi connectivity index (χ0n) is 9.21. The average Bonchev–Trinajstić information content (AvgIpc) is 2.26. The van der Waals surface area contributed by atoms with Gasteiger partial charge < -0.3 is 5.73 Å². The fourth-order valence-corrected chi connectivity index (χ4v) is 2.45. The molecule has 19 heavy (non-hydrogen) atoms. The predicted molar refractivity (Wildman–Crippen MR) is 62.0 cm³/mol. The van der Waals surface area contributed by atoms with E-state index in [0.717, 1.165) is 12.1 Å². The molecule has 1 aromatic rings. The summed E-state index contributed by atoms with van der Waals surface area (Å²) in [5.74, 6) is -4.46. The second-order valence-electron chi connectivity index (χ2n) is 3.57. The van der Waals surface area contributed by atoms with Crippen LogP contribution in [0.2, 0.25) is 5.02 Å². The second kappa shape index (κ2) is 5.51. The first-order valence-electron chi connectivity index (χ1n) is 4.77. The lowest BCUT2D eigenvalue weighted by molar-refractivity contribution is -0.122. The number of sulfonamides is 1. The third kappa shape index (κ3) is 3.95. The van der Waals surface area contributed by atoms with Crippen molar-refractivity contribution in [1.29, 1.82) is 0 Å². The van der Waals surface area contributed by atoms with E-state index in [9.17, 15) is 26.0 Å². The number of nitrogens with two attached hydrogens (primary N) is 1. The molecule has 0 aliphatic carbocycles. The third-order valence-corrected chi connectivity index (χ3v) is 3.79. The average molecular weight is 321 g/mol. The molecule has 0 heterocycles. The zero-order valence-corrected chi connectivity index (χ0v) is 10.8. The number of rotatable bonds is 5. The van der Waals surface area contributed by atoms with E-state index in [4.69, 9.17) is 17.3 Å². The summed E-state index contributed by atoms with van der Waals surface area (Å²) in [7, 11) is -4.42. The Kier molecular flexibility index (Phi) is 4.64. The number of halogens is 5. The van der Waals surface area contributed by atoms with E-state index in [1.807, 2.05) is 0 Å². The van der Waals surface area contributed by atoms with Crippen molar-refractivity contribution in [3.63, 3.8) is 0 Å². The van der Waals surface area contributed by atoms with Crippen molar-refractivity contribution in [2.45, 2.75) is 17.2 Å². The Hall–Kier alpha value is -1.06. The Balaban J connectivity index is 2.94. The maximum Gasteiger partial charge on any atom is 0.320 e. The minimum atomic E-state index is -4.46. The molecule has 0 saturated carbocycles. The molecule has 0 aliphatic heterocycles. The summed E-state index contributed by atoms with van der Waals surface area (Å²) in [6.07, 6.45) is -3.97. The number of nitrogen functional groups attached to an aromatic ring is 1. The number of benzene rings is 1. The van der Waals surface area contributed by atoms with Gasteiger partial charge in [-0.3, -0.25) is 0 Å². The maximum absolute atomic E-state index is 12.6. The molecule has 0 aromatic heterocycles. The molecule has 0 spiro atoms. The molecule has 0 radical (unpaired) electrons. The standard InChI is InChI=1S/C9H9ClF4N2O2S/c10-5-1-2-7(6(15)3-5)19(17,18)16-4-9(13,14)8(11)12/h1-3,8,16H,4,15H2. The lowest BCUT2D eigenvalue weighted by atomic mass is 10.3. The van der Waals surface area contributed by atoms with Crippen LogP contribution in [0.25, 0.3) is 0 Å². The Morgan fingerprint density at radius 1 is 1.37 bits per heavy atom. The molecule has 10 heteroatoms. The van der Waals surface area contributed by atoms with Gasteiger partial charge in [0.1, 0.15) is 4.90 Å². The van der Waals surface area contributed by atoms with E-state index in [-0.39, 0.29) is 10.7 Å². The predicted octanol–water partition coefficient (Wildman–Crippen LogP) is 2.10. The van der Waals surface area contributed by atoms with Gasteiger partial charge in [0.05, 0.1) is 12.2 Å². The van der Waals surface area contributed by atoms with Gasteiger partial charge in [-0.1, -0.05) is 11.6 Å². The van der Waals surface area contributed by atoms with Crippen LogP contribution in [0.4, 0.5) is 23.2 Å². The fraction of sp³-hybridized carbons (Fsp3) is 0.333. The summed E-state index contributed by atoms with van der Waals surface area (Å²) in [6.45, 7) is -1.73. The van der Waals surface area contributed by atoms with Crippen LogP contribution in [0.15, 0.2) is 23.1 Å². The van der Waals surface area contributed by atoms with Crippen molar-refractivity contribution in [2.75, 3.05) is 12.3 Å². The zero-order chi connectivity index (χ0) is 14.8. The second-order valence-corrected chi connectivity index (χ2v) is 5.74. The fourth-order valence-electron chi connectivity index (χ4n) is 1.11. The van der Waals surface area contributed by atoms with Crippen LogP contribution >= 0.6 is 11.6 Å². The smallest absolute Gasteiger partial charge is 0.320 e. The molecular weight excluding hydrogens is 312 g/mol. The number of anilines is 1. The van der Waals surface area contributed by atoms with E-state index in [0.29, 0.717) is 0 Å². The SMILES string of the molecule is Nc1cc(Cl)ccc1S(=O)(=O)NCC(F)(F)C(F)F. The summed E-state index contributed by atoms with van der Waals surface area (Å²) < 4.78 is 73.7. The van der Waals surface area contributed by atoms with E-state index in [2.05, 4.69) is 0 Å². The highest BCUT2D eigenvalue weighted by atomic mass is 35.5. The van der Waals surface area contributed by atoms with Gasteiger partial charge >= 0.3 is 12.3 Å². The van der Waals surface area contributed by atoms with E-state index in [1.165, 1.54) is 10.8 Å². The number of hydrogen-bond donors (Lipinski definition) is 2. The molecule has 1 rings (SSSR count). The lowest BCUT2D eigenvalue weighted by Crippen LogP contribution is -2.41. The molecule has 1 aromatic carbocycles. The van der Waals surface area contributed by atoms with Crippen LogP contribution in [0, 0.1) is 0 Å². The highest BCUT2D eigenvalue weighted by molar-refractivity contribution is 7.89. The van der Waals surface area contributed by atoms with Crippen LogP contribution in [-0.2, 0) is 10.0 Å². The van der Waals surface area contributed by atoms with Gasteiger partial charge in [-0.15, -0.1) is 0 Å². The van der Waals surface area contributed by atoms with Crippen molar-refractivity contribution < 1.29 is 26.0 Å². The minimum Gasteiger partial charge on any atom is -0.398 e. The number of hydrogen-bond acceptors (Lipinski definition) is 3. The Bertz CT molecular complexity index is 565. The molecule has 4 nitrogen and oxygen atoms in total. The van der Waals surface area contributed by atoms with Gasteiger partial charge in [0, 0.05) is 5.02 Å². The molecule has 0 saturated heterocycles. The van der Waals surface area contributed by atoms with Crippen LogP contribution in [0.1, 0.15) is 0 Å². The Morgan fingerprint density at radius 2 is 1.95 bits per heavy atom. The molecule has 3 N–H and O–H groups in total. The maximum atomic E-state index is 12.6. The van der Waals surface area contributed by atoms with E-state index < -0.39 is 33.8 Å². The first-order chi connectivity index (χ1) is 8.56. The lowest BCUT2D eigenvalue weighted by Gasteiger charge is -2.16. The number of alkyl halides is 4. The van der Waals surface area contributed by atoms with Gasteiger partial charge in [0.2, 0.25) is 10.0 Å². The van der Waals surface area contributed by atoms with E-state index >= 15 is 0 Å². The summed E-state index contributed by atoms with van der Waals surface area (Å²) in [6, 6.07) is 3.26. The van der Waals surface area contributed by atoms with Crippen molar-refractivity contribution in [3.8, 4) is 0 Å². The van der Waals surface area contributed by atoms with Crippen molar-refractivity contribution in [2.24, 2.45) is 0 Å². The first kappa shape index (κ1) is 16.0. The molecule has 0 aliphatic rings. The highest BCUT2D eigenvalue weighted by Crippen LogP contribution is 2.25. The van der Waals surface area contributed by atoms with Gasteiger partial charge in [0.25, 0.3) is 0 Å². The van der Waals surface area contributed by atoms with Crippen LogP contribution in [0.5, 0.6) is 0 Å². The van der Waals surface area contributed by atoms with E-state index in [1.54, 1.807) is 0 Å².